The van der Waals surface area contributed by atoms with Gasteiger partial charge in [-0.1, -0.05) is 30.3 Å². The van der Waals surface area contributed by atoms with E-state index in [1.807, 2.05) is 24.4 Å². The lowest BCUT2D eigenvalue weighted by molar-refractivity contribution is 0.0711. The summed E-state index contributed by atoms with van der Waals surface area (Å²) in [6.45, 7) is 3.82. The number of aryl methyl sites for hydroxylation is 1. The van der Waals surface area contributed by atoms with Crippen LogP contribution in [0.15, 0.2) is 54.7 Å². The predicted octanol–water partition coefficient (Wildman–Crippen LogP) is 3.57. The number of hydrogen-bond acceptors (Lipinski definition) is 5. The molecule has 0 radical (unpaired) electrons. The molecule has 3 rings (SSSR count). The van der Waals surface area contributed by atoms with Crippen LogP contribution >= 0.6 is 11.3 Å². The summed E-state index contributed by atoms with van der Waals surface area (Å²) in [5.41, 5.74) is 6.27. The van der Waals surface area contributed by atoms with Gasteiger partial charge in [0.05, 0.1) is 15.4 Å². The van der Waals surface area contributed by atoms with Gasteiger partial charge in [-0.3, -0.25) is 15.0 Å². The van der Waals surface area contributed by atoms with Crippen LogP contribution in [0.4, 0.5) is 0 Å². The van der Waals surface area contributed by atoms with Gasteiger partial charge >= 0.3 is 0 Å². The number of nitrogens with zero attached hydrogens (tertiary/aromatic N) is 1. The SMILES string of the molecule is Cc1ccccc1CCNCc1ccc(-c2ccc(C(=O)NO)s2)nc1. The smallest absolute Gasteiger partial charge is 0.284 e. The van der Waals surface area contributed by atoms with E-state index >= 15 is 0 Å². The Kier molecular flexibility index (Phi) is 6.12. The number of hydroxylamine groups is 1. The Morgan fingerprint density at radius 1 is 1.15 bits per heavy atom. The molecule has 0 saturated heterocycles. The summed E-state index contributed by atoms with van der Waals surface area (Å²) in [6.07, 6.45) is 2.85. The molecule has 6 heteroatoms. The van der Waals surface area contributed by atoms with E-state index in [0.717, 1.165) is 35.6 Å². The second-order valence-corrected chi connectivity index (χ2v) is 7.09. The van der Waals surface area contributed by atoms with Gasteiger partial charge in [0, 0.05) is 12.7 Å². The van der Waals surface area contributed by atoms with Crippen molar-refractivity contribution >= 4 is 17.2 Å². The number of nitrogens with one attached hydrogen (secondary N) is 2. The summed E-state index contributed by atoms with van der Waals surface area (Å²) in [6, 6.07) is 15.9. The van der Waals surface area contributed by atoms with Crippen molar-refractivity contribution in [3.8, 4) is 10.6 Å². The van der Waals surface area contributed by atoms with Crippen molar-refractivity contribution in [3.05, 3.63) is 76.3 Å². The molecule has 0 fully saturated rings. The summed E-state index contributed by atoms with van der Waals surface area (Å²) in [5.74, 6) is -0.504. The zero-order valence-electron chi connectivity index (χ0n) is 14.5. The number of amides is 1. The number of benzene rings is 1. The first-order valence-corrected chi connectivity index (χ1v) is 9.24. The minimum Gasteiger partial charge on any atom is -0.312 e. The topological polar surface area (TPSA) is 74.2 Å². The maximum atomic E-state index is 11.4. The van der Waals surface area contributed by atoms with Crippen molar-refractivity contribution in [1.82, 2.24) is 15.8 Å². The van der Waals surface area contributed by atoms with E-state index in [1.54, 1.807) is 11.5 Å². The number of carbonyl (C=O) groups excluding carboxylic acids is 1. The third kappa shape index (κ3) is 4.54. The molecule has 0 aliphatic heterocycles. The Labute approximate surface area is 156 Å². The Balaban J connectivity index is 1.52. The van der Waals surface area contributed by atoms with E-state index in [9.17, 15) is 4.79 Å². The average molecular weight is 367 g/mol. The molecule has 3 aromatic rings. The number of thiophene rings is 1. The van der Waals surface area contributed by atoms with Gasteiger partial charge < -0.3 is 5.32 Å². The summed E-state index contributed by atoms with van der Waals surface area (Å²) < 4.78 is 0. The largest absolute Gasteiger partial charge is 0.312 e. The van der Waals surface area contributed by atoms with Gasteiger partial charge in [-0.05, 0) is 54.8 Å². The lowest BCUT2D eigenvalue weighted by Gasteiger charge is -2.07. The molecule has 2 heterocycles. The fourth-order valence-electron chi connectivity index (χ4n) is 2.67. The van der Waals surface area contributed by atoms with Crippen LogP contribution in [0.25, 0.3) is 10.6 Å². The number of rotatable bonds is 7. The van der Waals surface area contributed by atoms with Crippen LogP contribution in [0, 0.1) is 6.92 Å². The maximum Gasteiger partial charge on any atom is 0.284 e. The molecular weight excluding hydrogens is 346 g/mol. The van der Waals surface area contributed by atoms with Gasteiger partial charge in [0.2, 0.25) is 0 Å². The molecule has 0 atom stereocenters. The number of carbonyl (C=O) groups is 1. The molecular formula is C20H21N3O2S. The van der Waals surface area contributed by atoms with E-state index < -0.39 is 5.91 Å². The van der Waals surface area contributed by atoms with Crippen molar-refractivity contribution < 1.29 is 10.0 Å². The van der Waals surface area contributed by atoms with Gasteiger partial charge in [0.15, 0.2) is 0 Å². The minimum atomic E-state index is -0.504. The third-order valence-corrected chi connectivity index (χ3v) is 5.28. The Morgan fingerprint density at radius 2 is 2.00 bits per heavy atom. The molecule has 0 bridgehead atoms. The third-order valence-electron chi connectivity index (χ3n) is 4.17. The molecule has 0 saturated carbocycles. The second-order valence-electron chi connectivity index (χ2n) is 6.01. The zero-order chi connectivity index (χ0) is 18.4. The van der Waals surface area contributed by atoms with Crippen LogP contribution in [0.3, 0.4) is 0 Å². The van der Waals surface area contributed by atoms with Gasteiger partial charge in [-0.2, -0.15) is 0 Å². The highest BCUT2D eigenvalue weighted by Gasteiger charge is 2.10. The number of hydrogen-bond donors (Lipinski definition) is 3. The first-order chi connectivity index (χ1) is 12.7. The molecule has 0 spiro atoms. The van der Waals surface area contributed by atoms with Crippen LogP contribution in [-0.2, 0) is 13.0 Å². The Bertz CT molecular complexity index is 875. The fraction of sp³-hybridized carbons (Fsp3) is 0.200. The zero-order valence-corrected chi connectivity index (χ0v) is 15.3. The summed E-state index contributed by atoms with van der Waals surface area (Å²) in [7, 11) is 0. The number of pyridine rings is 1. The Hall–Kier alpha value is -2.54. The average Bonchev–Trinajstić information content (AvgIpc) is 3.16. The van der Waals surface area contributed by atoms with Crippen molar-refractivity contribution in [2.45, 2.75) is 19.9 Å². The van der Waals surface area contributed by atoms with Gasteiger partial charge in [-0.15, -0.1) is 11.3 Å². The van der Waals surface area contributed by atoms with Crippen LogP contribution < -0.4 is 10.8 Å². The van der Waals surface area contributed by atoms with Crippen LogP contribution in [0.2, 0.25) is 0 Å². The summed E-state index contributed by atoms with van der Waals surface area (Å²) in [5, 5.41) is 12.1. The van der Waals surface area contributed by atoms with Crippen LogP contribution in [-0.4, -0.2) is 22.6 Å². The van der Waals surface area contributed by atoms with Crippen LogP contribution in [0.5, 0.6) is 0 Å². The minimum absolute atomic E-state index is 0.450. The molecule has 0 aliphatic rings. The molecule has 0 unspecified atom stereocenters. The summed E-state index contributed by atoms with van der Waals surface area (Å²) >= 11 is 1.29. The van der Waals surface area contributed by atoms with E-state index in [1.165, 1.54) is 22.5 Å². The van der Waals surface area contributed by atoms with E-state index in [-0.39, 0.29) is 0 Å². The Morgan fingerprint density at radius 3 is 2.73 bits per heavy atom. The molecule has 134 valence electrons. The standard InChI is InChI=1S/C20H21N3O2S/c1-14-4-2-3-5-16(14)10-11-21-12-15-6-7-17(22-13-15)18-8-9-19(26-18)20(24)23-25/h2-9,13,21,25H,10-12H2,1H3,(H,23,24). The first kappa shape index (κ1) is 18.3. The second kappa shape index (κ2) is 8.71. The highest BCUT2D eigenvalue weighted by molar-refractivity contribution is 7.17. The van der Waals surface area contributed by atoms with E-state index in [4.69, 9.17) is 5.21 Å². The molecule has 3 N–H and O–H groups in total. The van der Waals surface area contributed by atoms with Crippen molar-refractivity contribution in [1.29, 1.82) is 0 Å². The quantitative estimate of drug-likeness (QED) is 0.339. The molecule has 2 aromatic heterocycles. The van der Waals surface area contributed by atoms with Gasteiger partial charge in [0.1, 0.15) is 0 Å². The van der Waals surface area contributed by atoms with Gasteiger partial charge in [0.25, 0.3) is 5.91 Å². The molecule has 1 aromatic carbocycles. The molecule has 0 aliphatic carbocycles. The highest BCUT2D eigenvalue weighted by Crippen LogP contribution is 2.26. The monoisotopic (exact) mass is 367 g/mol. The number of aromatic nitrogens is 1. The van der Waals surface area contributed by atoms with Crippen molar-refractivity contribution in [2.24, 2.45) is 0 Å². The van der Waals surface area contributed by atoms with E-state index in [2.05, 4.69) is 41.5 Å². The highest BCUT2D eigenvalue weighted by atomic mass is 32.1. The van der Waals surface area contributed by atoms with Crippen LogP contribution in [0.1, 0.15) is 26.4 Å². The predicted molar refractivity (Wildman–Crippen MR) is 103 cm³/mol. The summed E-state index contributed by atoms with van der Waals surface area (Å²) in [4.78, 5) is 17.2. The molecule has 1 amide bonds. The van der Waals surface area contributed by atoms with E-state index in [0.29, 0.717) is 4.88 Å². The lowest BCUT2D eigenvalue weighted by atomic mass is 10.1. The first-order valence-electron chi connectivity index (χ1n) is 8.42. The molecule has 5 nitrogen and oxygen atoms in total. The molecule has 26 heavy (non-hydrogen) atoms. The fourth-order valence-corrected chi connectivity index (χ4v) is 3.55. The lowest BCUT2D eigenvalue weighted by Crippen LogP contribution is -2.17. The van der Waals surface area contributed by atoms with Gasteiger partial charge in [-0.25, -0.2) is 5.48 Å². The normalized spacial score (nSPS) is 10.7. The van der Waals surface area contributed by atoms with Crippen molar-refractivity contribution in [3.63, 3.8) is 0 Å². The van der Waals surface area contributed by atoms with Crippen molar-refractivity contribution in [2.75, 3.05) is 6.54 Å². The maximum absolute atomic E-state index is 11.4.